The zero-order valence-electron chi connectivity index (χ0n) is 11.8. The second-order valence-corrected chi connectivity index (χ2v) is 5.07. The summed E-state index contributed by atoms with van der Waals surface area (Å²) in [6.07, 6.45) is 2.63. The van der Waals surface area contributed by atoms with E-state index in [0.29, 0.717) is 5.82 Å². The molecule has 110 valence electrons. The summed E-state index contributed by atoms with van der Waals surface area (Å²) in [5.41, 5.74) is 0.0468. The summed E-state index contributed by atoms with van der Waals surface area (Å²) in [5, 5.41) is 16.7. The Kier molecular flexibility index (Phi) is 3.55. The average molecular weight is 287 g/mol. The van der Waals surface area contributed by atoms with E-state index in [-0.39, 0.29) is 11.7 Å². The number of hydrogen-bond acceptors (Lipinski definition) is 5. The topological polar surface area (TPSA) is 92.9 Å². The number of carboxylic acids is 1. The molecule has 0 bridgehead atoms. The fraction of sp³-hybridized carbons (Fsp3) is 0.429. The lowest BCUT2D eigenvalue weighted by Crippen LogP contribution is -2.32. The molecule has 7 heteroatoms. The highest BCUT2D eigenvalue weighted by molar-refractivity contribution is 5.85. The summed E-state index contributed by atoms with van der Waals surface area (Å²) in [4.78, 5) is 19.5. The monoisotopic (exact) mass is 287 g/mol. The third-order valence-corrected chi connectivity index (χ3v) is 3.54. The van der Waals surface area contributed by atoms with Crippen molar-refractivity contribution in [3.63, 3.8) is 0 Å². The van der Waals surface area contributed by atoms with Crippen LogP contribution in [0.15, 0.2) is 18.2 Å². The maximum absolute atomic E-state index is 10.9. The number of fused-ring (bicyclic) bond motifs is 1. The highest BCUT2D eigenvalue weighted by Gasteiger charge is 2.21. The van der Waals surface area contributed by atoms with Gasteiger partial charge in [0.1, 0.15) is 11.6 Å². The molecule has 0 radical (unpaired) electrons. The number of carboxylic acid groups (broad SMARTS) is 1. The molecule has 0 saturated carbocycles. The Balaban J connectivity index is 1.72. The predicted octanol–water partition coefficient (Wildman–Crippen LogP) is 1.36. The van der Waals surface area contributed by atoms with Crippen LogP contribution in [-0.4, -0.2) is 36.9 Å². The SMILES string of the molecule is CCc1nc2n(n1)CC(Nc1cccc(C(=O)O)n1)CC2. The van der Waals surface area contributed by atoms with Gasteiger partial charge in [0.25, 0.3) is 0 Å². The normalized spacial score (nSPS) is 17.3. The molecule has 1 unspecified atom stereocenters. The van der Waals surface area contributed by atoms with E-state index in [4.69, 9.17) is 5.11 Å². The Morgan fingerprint density at radius 2 is 2.33 bits per heavy atom. The lowest BCUT2D eigenvalue weighted by atomic mass is 10.1. The zero-order chi connectivity index (χ0) is 14.8. The van der Waals surface area contributed by atoms with Crippen molar-refractivity contribution < 1.29 is 9.90 Å². The number of anilines is 1. The van der Waals surface area contributed by atoms with Crippen molar-refractivity contribution in [2.24, 2.45) is 0 Å². The molecule has 3 heterocycles. The molecule has 0 aromatic carbocycles. The second kappa shape index (κ2) is 5.51. The third-order valence-electron chi connectivity index (χ3n) is 3.54. The van der Waals surface area contributed by atoms with Gasteiger partial charge in [-0.15, -0.1) is 0 Å². The lowest BCUT2D eigenvalue weighted by Gasteiger charge is -2.24. The first kappa shape index (κ1) is 13.5. The van der Waals surface area contributed by atoms with E-state index < -0.39 is 5.97 Å². The minimum absolute atomic E-state index is 0.0468. The smallest absolute Gasteiger partial charge is 0.354 e. The Morgan fingerprint density at radius 3 is 3.10 bits per heavy atom. The second-order valence-electron chi connectivity index (χ2n) is 5.07. The Hall–Kier alpha value is -2.44. The van der Waals surface area contributed by atoms with Gasteiger partial charge in [-0.3, -0.25) is 0 Å². The number of hydrogen-bond donors (Lipinski definition) is 2. The van der Waals surface area contributed by atoms with Crippen molar-refractivity contribution in [1.82, 2.24) is 19.7 Å². The molecule has 21 heavy (non-hydrogen) atoms. The molecule has 0 fully saturated rings. The molecular weight excluding hydrogens is 270 g/mol. The number of nitrogens with one attached hydrogen (secondary N) is 1. The van der Waals surface area contributed by atoms with Crippen LogP contribution >= 0.6 is 0 Å². The number of carbonyl (C=O) groups is 1. The molecule has 3 rings (SSSR count). The van der Waals surface area contributed by atoms with Gasteiger partial charge in [0.2, 0.25) is 0 Å². The molecule has 1 aliphatic heterocycles. The van der Waals surface area contributed by atoms with E-state index >= 15 is 0 Å². The van der Waals surface area contributed by atoms with Crippen LogP contribution in [0.1, 0.15) is 35.5 Å². The van der Waals surface area contributed by atoms with Crippen molar-refractivity contribution in [2.75, 3.05) is 5.32 Å². The number of aryl methyl sites for hydroxylation is 2. The van der Waals surface area contributed by atoms with Gasteiger partial charge in [0, 0.05) is 18.9 Å². The maximum atomic E-state index is 10.9. The Labute approximate surface area is 122 Å². The van der Waals surface area contributed by atoms with Crippen LogP contribution in [0, 0.1) is 0 Å². The first-order valence-electron chi connectivity index (χ1n) is 7.05. The molecule has 2 N–H and O–H groups in total. The quantitative estimate of drug-likeness (QED) is 0.882. The number of rotatable bonds is 4. The van der Waals surface area contributed by atoms with E-state index in [1.54, 1.807) is 12.1 Å². The lowest BCUT2D eigenvalue weighted by molar-refractivity contribution is 0.0690. The predicted molar refractivity (Wildman–Crippen MR) is 76.3 cm³/mol. The van der Waals surface area contributed by atoms with Crippen LogP contribution in [0.3, 0.4) is 0 Å². The summed E-state index contributed by atoms with van der Waals surface area (Å²) in [6, 6.07) is 5.14. The zero-order valence-corrected chi connectivity index (χ0v) is 11.8. The van der Waals surface area contributed by atoms with Crippen LogP contribution in [-0.2, 0) is 19.4 Å². The summed E-state index contributed by atoms with van der Waals surface area (Å²) >= 11 is 0. The van der Waals surface area contributed by atoms with Gasteiger partial charge < -0.3 is 10.4 Å². The summed E-state index contributed by atoms with van der Waals surface area (Å²) in [5.74, 6) is 1.46. The molecule has 1 aliphatic rings. The van der Waals surface area contributed by atoms with Gasteiger partial charge in [-0.25, -0.2) is 19.4 Å². The Bertz CT molecular complexity index is 667. The minimum atomic E-state index is -1.02. The van der Waals surface area contributed by atoms with Crippen LogP contribution < -0.4 is 5.32 Å². The van der Waals surface area contributed by atoms with Crippen molar-refractivity contribution >= 4 is 11.8 Å². The van der Waals surface area contributed by atoms with E-state index in [9.17, 15) is 4.79 Å². The van der Waals surface area contributed by atoms with Gasteiger partial charge in [0.15, 0.2) is 11.5 Å². The first-order valence-corrected chi connectivity index (χ1v) is 7.05. The van der Waals surface area contributed by atoms with Crippen molar-refractivity contribution in [3.8, 4) is 0 Å². The number of nitrogens with zero attached hydrogens (tertiary/aromatic N) is 4. The Morgan fingerprint density at radius 1 is 1.48 bits per heavy atom. The van der Waals surface area contributed by atoms with Crippen LogP contribution in [0.5, 0.6) is 0 Å². The van der Waals surface area contributed by atoms with Gasteiger partial charge in [-0.2, -0.15) is 5.10 Å². The van der Waals surface area contributed by atoms with Gasteiger partial charge in [0.05, 0.1) is 6.54 Å². The number of aromatic nitrogens is 4. The largest absolute Gasteiger partial charge is 0.477 e. The van der Waals surface area contributed by atoms with E-state index in [2.05, 4.69) is 20.4 Å². The molecule has 2 aromatic heterocycles. The van der Waals surface area contributed by atoms with Crippen molar-refractivity contribution in [3.05, 3.63) is 35.5 Å². The van der Waals surface area contributed by atoms with E-state index in [0.717, 1.165) is 37.5 Å². The summed E-state index contributed by atoms with van der Waals surface area (Å²) < 4.78 is 1.93. The molecular formula is C14H17N5O2. The molecule has 0 amide bonds. The fourth-order valence-corrected chi connectivity index (χ4v) is 2.47. The van der Waals surface area contributed by atoms with Crippen LogP contribution in [0.2, 0.25) is 0 Å². The van der Waals surface area contributed by atoms with Crippen LogP contribution in [0.25, 0.3) is 0 Å². The van der Waals surface area contributed by atoms with Crippen molar-refractivity contribution in [2.45, 2.75) is 38.8 Å². The summed E-state index contributed by atoms with van der Waals surface area (Å²) in [6.45, 7) is 2.76. The highest BCUT2D eigenvalue weighted by Crippen LogP contribution is 2.17. The molecule has 0 spiro atoms. The molecule has 2 aromatic rings. The highest BCUT2D eigenvalue weighted by atomic mass is 16.4. The van der Waals surface area contributed by atoms with E-state index in [1.807, 2.05) is 11.6 Å². The molecule has 0 aliphatic carbocycles. The van der Waals surface area contributed by atoms with E-state index in [1.165, 1.54) is 6.07 Å². The van der Waals surface area contributed by atoms with Crippen molar-refractivity contribution in [1.29, 1.82) is 0 Å². The van der Waals surface area contributed by atoms with Gasteiger partial charge >= 0.3 is 5.97 Å². The fourth-order valence-electron chi connectivity index (χ4n) is 2.47. The number of aromatic carboxylic acids is 1. The maximum Gasteiger partial charge on any atom is 0.354 e. The molecule has 1 atom stereocenters. The summed E-state index contributed by atoms with van der Waals surface area (Å²) in [7, 11) is 0. The first-order chi connectivity index (χ1) is 10.2. The van der Waals surface area contributed by atoms with Gasteiger partial charge in [-0.05, 0) is 18.6 Å². The van der Waals surface area contributed by atoms with Crippen LogP contribution in [0.4, 0.5) is 5.82 Å². The average Bonchev–Trinajstić information content (AvgIpc) is 2.90. The molecule has 7 nitrogen and oxygen atoms in total. The number of pyridine rings is 1. The third kappa shape index (κ3) is 2.86. The van der Waals surface area contributed by atoms with Gasteiger partial charge in [-0.1, -0.05) is 13.0 Å². The molecule has 0 saturated heterocycles. The standard InChI is InChI=1S/C14H17N5O2/c1-2-11-17-13-7-6-9(8-19(13)18-11)15-12-5-3-4-10(16-12)14(20)21/h3-5,9H,2,6-8H2,1H3,(H,15,16)(H,20,21). The minimum Gasteiger partial charge on any atom is -0.477 e.